The van der Waals surface area contributed by atoms with Gasteiger partial charge in [-0.25, -0.2) is 0 Å². The van der Waals surface area contributed by atoms with Crippen molar-refractivity contribution in [3.8, 4) is 0 Å². The van der Waals surface area contributed by atoms with Crippen molar-refractivity contribution >= 4 is 23.0 Å². The van der Waals surface area contributed by atoms with Gasteiger partial charge in [-0.05, 0) is 67.5 Å². The van der Waals surface area contributed by atoms with E-state index in [1.165, 1.54) is 19.3 Å². The van der Waals surface area contributed by atoms with Crippen LogP contribution in [-0.4, -0.2) is 5.16 Å². The van der Waals surface area contributed by atoms with Gasteiger partial charge in [-0.1, -0.05) is 30.3 Å². The summed E-state index contributed by atoms with van der Waals surface area (Å²) in [7, 11) is 0. The third-order valence-electron chi connectivity index (χ3n) is 5.70. The Morgan fingerprint density at radius 2 is 1.42 bits per heavy atom. The summed E-state index contributed by atoms with van der Waals surface area (Å²) in [4.78, 5) is 0. The average Bonchev–Trinajstić information content (AvgIpc) is 2.38. The highest BCUT2D eigenvalue weighted by Gasteiger charge is 2.59. The van der Waals surface area contributed by atoms with Gasteiger partial charge in [-0.2, -0.15) is 0 Å². The number of halogens is 1. The Balaban J connectivity index is 1.77. The Kier molecular flexibility index (Phi) is 2.71. The third-order valence-corrected chi connectivity index (χ3v) is 10.1. The van der Waals surface area contributed by atoms with Crippen molar-refractivity contribution in [3.05, 3.63) is 30.3 Å². The lowest BCUT2D eigenvalue weighted by Crippen LogP contribution is -2.50. The molecule has 0 N–H and O–H groups in total. The fraction of sp³-hybridized carbons (Fsp3) is 0.625. The highest BCUT2D eigenvalue weighted by molar-refractivity contribution is 7.96. The molecule has 5 rings (SSSR count). The summed E-state index contributed by atoms with van der Waals surface area (Å²) >= 11 is 6.74. The Morgan fingerprint density at radius 3 is 1.89 bits per heavy atom. The van der Waals surface area contributed by atoms with Crippen molar-refractivity contribution in [2.75, 3.05) is 0 Å². The molecule has 1 unspecified atom stereocenters. The largest absolute Gasteiger partial charge is 0.301 e. The fourth-order valence-corrected chi connectivity index (χ4v) is 8.85. The molecule has 4 fully saturated rings. The van der Waals surface area contributed by atoms with E-state index >= 15 is 0 Å². The van der Waals surface area contributed by atoms with E-state index in [1.807, 2.05) is 30.3 Å². The maximum atomic E-state index is 13.4. The second-order valence-electron chi connectivity index (χ2n) is 7.01. The Bertz CT molecular complexity index is 504. The lowest BCUT2D eigenvalue weighted by molar-refractivity contribution is 0.0344. The summed E-state index contributed by atoms with van der Waals surface area (Å²) in [5.74, 6) is 2.38. The predicted octanol–water partition coefficient (Wildman–Crippen LogP) is 4.80. The van der Waals surface area contributed by atoms with Crippen molar-refractivity contribution < 1.29 is 4.57 Å². The van der Waals surface area contributed by atoms with Crippen LogP contribution in [0.25, 0.3) is 0 Å². The van der Waals surface area contributed by atoms with Gasteiger partial charge in [0.25, 0.3) is 0 Å². The molecule has 0 heterocycles. The standard InChI is InChI=1S/C16H20ClOP/c17-19(18,15-4-2-1-3-5-15)16-9-12-6-13(10-16)8-14(7-12)11-16/h1-5,12-14H,6-11H2. The van der Waals surface area contributed by atoms with Gasteiger partial charge >= 0.3 is 0 Å². The minimum Gasteiger partial charge on any atom is -0.301 e. The summed E-state index contributed by atoms with van der Waals surface area (Å²) in [6, 6.07) is 9.83. The van der Waals surface area contributed by atoms with Gasteiger partial charge in [0.1, 0.15) is 0 Å². The summed E-state index contributed by atoms with van der Waals surface area (Å²) in [6.07, 6.45) is 7.42. The SMILES string of the molecule is O=P(Cl)(c1ccccc1)C12CC3CC(CC(C3)C1)C2. The number of hydrogen-bond acceptors (Lipinski definition) is 1. The molecule has 0 radical (unpaired) electrons. The number of rotatable bonds is 2. The van der Waals surface area contributed by atoms with Crippen LogP contribution in [0.1, 0.15) is 38.5 Å². The molecule has 102 valence electrons. The van der Waals surface area contributed by atoms with Crippen LogP contribution in [0, 0.1) is 17.8 Å². The molecule has 19 heavy (non-hydrogen) atoms. The second kappa shape index (κ2) is 4.12. The van der Waals surface area contributed by atoms with Crippen LogP contribution < -0.4 is 5.30 Å². The van der Waals surface area contributed by atoms with Gasteiger partial charge in [0.05, 0.1) is 0 Å². The van der Waals surface area contributed by atoms with Crippen LogP contribution in [0.4, 0.5) is 0 Å². The predicted molar refractivity (Wildman–Crippen MR) is 80.4 cm³/mol. The van der Waals surface area contributed by atoms with Crippen LogP contribution in [0.2, 0.25) is 0 Å². The van der Waals surface area contributed by atoms with Gasteiger partial charge in [-0.15, -0.1) is 0 Å². The normalized spacial score (nSPS) is 43.1. The van der Waals surface area contributed by atoms with Crippen molar-refractivity contribution in [2.45, 2.75) is 43.7 Å². The monoisotopic (exact) mass is 294 g/mol. The van der Waals surface area contributed by atoms with E-state index in [4.69, 9.17) is 11.2 Å². The van der Waals surface area contributed by atoms with E-state index in [2.05, 4.69) is 0 Å². The molecule has 4 aliphatic carbocycles. The Labute approximate surface area is 119 Å². The van der Waals surface area contributed by atoms with E-state index in [-0.39, 0.29) is 5.16 Å². The molecule has 0 aliphatic heterocycles. The summed E-state index contributed by atoms with van der Waals surface area (Å²) in [6.45, 7) is -2.77. The Hall–Kier alpha value is -0.260. The maximum absolute atomic E-state index is 13.4. The first-order chi connectivity index (χ1) is 9.09. The Morgan fingerprint density at radius 1 is 0.947 bits per heavy atom. The summed E-state index contributed by atoms with van der Waals surface area (Å²) in [5, 5.41) is 0.809. The molecular formula is C16H20ClOP. The first-order valence-corrected chi connectivity index (χ1v) is 10.1. The smallest absolute Gasteiger partial charge is 0.203 e. The molecule has 0 spiro atoms. The minimum atomic E-state index is -2.77. The lowest BCUT2D eigenvalue weighted by Gasteiger charge is -2.57. The van der Waals surface area contributed by atoms with Crippen LogP contribution in [0.5, 0.6) is 0 Å². The zero-order valence-corrected chi connectivity index (χ0v) is 12.7. The van der Waals surface area contributed by atoms with Gasteiger partial charge in [0.2, 0.25) is 6.49 Å². The molecule has 3 heteroatoms. The lowest BCUT2D eigenvalue weighted by atomic mass is 9.56. The highest BCUT2D eigenvalue weighted by atomic mass is 35.7. The average molecular weight is 295 g/mol. The van der Waals surface area contributed by atoms with E-state index in [0.717, 1.165) is 42.3 Å². The molecular weight excluding hydrogens is 275 g/mol. The highest BCUT2D eigenvalue weighted by Crippen LogP contribution is 2.74. The van der Waals surface area contributed by atoms with Crippen LogP contribution >= 0.6 is 17.7 Å². The number of hydrogen-bond donors (Lipinski definition) is 0. The van der Waals surface area contributed by atoms with Crippen molar-refractivity contribution in [2.24, 2.45) is 17.8 Å². The van der Waals surface area contributed by atoms with Crippen LogP contribution in [-0.2, 0) is 4.57 Å². The zero-order valence-electron chi connectivity index (χ0n) is 11.1. The van der Waals surface area contributed by atoms with Crippen LogP contribution in [0.15, 0.2) is 30.3 Å². The zero-order chi connectivity index (χ0) is 13.1. The van der Waals surface area contributed by atoms with E-state index in [9.17, 15) is 4.57 Å². The van der Waals surface area contributed by atoms with Crippen LogP contribution in [0.3, 0.4) is 0 Å². The molecule has 0 aromatic heterocycles. The van der Waals surface area contributed by atoms with Crippen molar-refractivity contribution in [1.29, 1.82) is 0 Å². The van der Waals surface area contributed by atoms with E-state index < -0.39 is 6.49 Å². The quantitative estimate of drug-likeness (QED) is 0.716. The summed E-state index contributed by atoms with van der Waals surface area (Å²) in [5.41, 5.74) is 0. The molecule has 1 aromatic rings. The van der Waals surface area contributed by atoms with Gasteiger partial charge in [0.15, 0.2) is 0 Å². The molecule has 0 saturated heterocycles. The fourth-order valence-electron chi connectivity index (χ4n) is 5.31. The van der Waals surface area contributed by atoms with E-state index in [0.29, 0.717) is 0 Å². The molecule has 4 bridgehead atoms. The first-order valence-electron chi connectivity index (χ1n) is 7.44. The molecule has 1 aromatic carbocycles. The number of benzene rings is 1. The minimum absolute atomic E-state index is 0.0787. The van der Waals surface area contributed by atoms with Crippen molar-refractivity contribution in [3.63, 3.8) is 0 Å². The molecule has 1 atom stereocenters. The molecule has 4 saturated carbocycles. The van der Waals surface area contributed by atoms with Gasteiger partial charge in [-0.3, -0.25) is 0 Å². The topological polar surface area (TPSA) is 17.1 Å². The maximum Gasteiger partial charge on any atom is 0.203 e. The first kappa shape index (κ1) is 12.5. The molecule has 1 nitrogen and oxygen atoms in total. The van der Waals surface area contributed by atoms with Gasteiger partial charge < -0.3 is 4.57 Å². The summed E-state index contributed by atoms with van der Waals surface area (Å²) < 4.78 is 13.4. The second-order valence-corrected chi connectivity index (χ2v) is 11.0. The van der Waals surface area contributed by atoms with Gasteiger partial charge in [0, 0.05) is 10.5 Å². The molecule has 4 aliphatic rings. The third kappa shape index (κ3) is 1.78. The molecule has 0 amide bonds. The van der Waals surface area contributed by atoms with E-state index in [1.54, 1.807) is 0 Å². The van der Waals surface area contributed by atoms with Crippen molar-refractivity contribution in [1.82, 2.24) is 0 Å².